The first-order valence-corrected chi connectivity index (χ1v) is 6.87. The number of hydrogen-bond acceptors (Lipinski definition) is 2. The normalized spacial score (nSPS) is 33.8. The summed E-state index contributed by atoms with van der Waals surface area (Å²) in [5.41, 5.74) is 2.35. The summed E-state index contributed by atoms with van der Waals surface area (Å²) in [7, 11) is 0. The van der Waals surface area contributed by atoms with Crippen LogP contribution >= 0.6 is 0 Å². The average molecular weight is 220 g/mol. The van der Waals surface area contributed by atoms with Gasteiger partial charge in [-0.25, -0.2) is 0 Å². The number of piperidine rings is 1. The lowest BCUT2D eigenvalue weighted by Gasteiger charge is -2.28. The summed E-state index contributed by atoms with van der Waals surface area (Å²) in [4.78, 5) is 2.66. The molecular weight excluding hydrogens is 196 g/mol. The van der Waals surface area contributed by atoms with E-state index < -0.39 is 0 Å². The van der Waals surface area contributed by atoms with Crippen molar-refractivity contribution in [1.82, 2.24) is 10.2 Å². The summed E-state index contributed by atoms with van der Waals surface area (Å²) < 4.78 is 0. The molecular formula is C14H24N2. The standard InChI is InChI=1S/C14H24N2/c1-12-2-8-16(9-3-12)11-13-10-14(13)4-6-15-7-5-14/h2,13,15H,3-11H2,1H3. The van der Waals surface area contributed by atoms with Gasteiger partial charge in [0.15, 0.2) is 0 Å². The predicted molar refractivity (Wildman–Crippen MR) is 67.5 cm³/mol. The molecule has 1 saturated carbocycles. The summed E-state index contributed by atoms with van der Waals surface area (Å²) >= 11 is 0. The summed E-state index contributed by atoms with van der Waals surface area (Å²) in [5, 5.41) is 3.49. The molecule has 1 unspecified atom stereocenters. The van der Waals surface area contributed by atoms with Crippen LogP contribution in [0.4, 0.5) is 0 Å². The number of nitrogens with zero attached hydrogens (tertiary/aromatic N) is 1. The fourth-order valence-corrected chi connectivity index (χ4v) is 3.52. The molecule has 2 fully saturated rings. The molecule has 2 nitrogen and oxygen atoms in total. The first-order chi connectivity index (χ1) is 7.78. The minimum absolute atomic E-state index is 0.765. The molecule has 0 aromatic heterocycles. The van der Waals surface area contributed by atoms with Gasteiger partial charge in [-0.2, -0.15) is 0 Å². The van der Waals surface area contributed by atoms with E-state index in [0.29, 0.717) is 0 Å². The van der Waals surface area contributed by atoms with Crippen LogP contribution in [0.3, 0.4) is 0 Å². The van der Waals surface area contributed by atoms with Gasteiger partial charge >= 0.3 is 0 Å². The average Bonchev–Trinajstić information content (AvgIpc) is 2.95. The second kappa shape index (κ2) is 4.15. The zero-order valence-corrected chi connectivity index (χ0v) is 10.5. The Labute approximate surface area is 99.1 Å². The molecule has 1 saturated heterocycles. The minimum atomic E-state index is 0.765. The van der Waals surface area contributed by atoms with Crippen LogP contribution < -0.4 is 5.32 Å². The third-order valence-electron chi connectivity index (χ3n) is 4.96. The molecule has 0 bridgehead atoms. The lowest BCUT2D eigenvalue weighted by molar-refractivity contribution is 0.241. The van der Waals surface area contributed by atoms with E-state index in [9.17, 15) is 0 Å². The van der Waals surface area contributed by atoms with Crippen molar-refractivity contribution in [2.45, 2.75) is 32.6 Å². The quantitative estimate of drug-likeness (QED) is 0.716. The summed E-state index contributed by atoms with van der Waals surface area (Å²) in [5.74, 6) is 1.02. The molecule has 1 spiro atoms. The van der Waals surface area contributed by atoms with Crippen LogP contribution in [0.1, 0.15) is 32.6 Å². The lowest BCUT2D eigenvalue weighted by atomic mass is 9.91. The maximum Gasteiger partial charge on any atom is 0.0165 e. The van der Waals surface area contributed by atoms with Crippen LogP contribution in [0.2, 0.25) is 0 Å². The van der Waals surface area contributed by atoms with Crippen LogP contribution in [-0.4, -0.2) is 37.6 Å². The highest BCUT2D eigenvalue weighted by molar-refractivity contribution is 5.08. The van der Waals surface area contributed by atoms with Gasteiger partial charge < -0.3 is 5.32 Å². The van der Waals surface area contributed by atoms with Crippen molar-refractivity contribution in [3.05, 3.63) is 11.6 Å². The first kappa shape index (κ1) is 10.8. The SMILES string of the molecule is CC1=CCN(CC2CC23CCNCC3)CC1. The van der Waals surface area contributed by atoms with Gasteiger partial charge in [0.05, 0.1) is 0 Å². The van der Waals surface area contributed by atoms with Gasteiger partial charge in [-0.05, 0) is 57.0 Å². The van der Waals surface area contributed by atoms with Gasteiger partial charge in [0, 0.05) is 19.6 Å². The Bertz CT molecular complexity index is 289. The molecule has 2 heteroatoms. The van der Waals surface area contributed by atoms with E-state index in [1.807, 2.05) is 0 Å². The molecule has 0 amide bonds. The van der Waals surface area contributed by atoms with Crippen molar-refractivity contribution in [3.8, 4) is 0 Å². The summed E-state index contributed by atoms with van der Waals surface area (Å²) in [6.45, 7) is 8.65. The Morgan fingerprint density at radius 1 is 1.44 bits per heavy atom. The molecule has 3 rings (SSSR count). The van der Waals surface area contributed by atoms with Crippen molar-refractivity contribution in [2.75, 3.05) is 32.7 Å². The smallest absolute Gasteiger partial charge is 0.0165 e. The molecule has 1 N–H and O–H groups in total. The maximum atomic E-state index is 3.49. The number of rotatable bonds is 2. The van der Waals surface area contributed by atoms with Crippen LogP contribution in [0, 0.1) is 11.3 Å². The molecule has 0 aromatic rings. The molecule has 0 radical (unpaired) electrons. The van der Waals surface area contributed by atoms with E-state index in [1.54, 1.807) is 5.57 Å². The number of nitrogens with one attached hydrogen (secondary N) is 1. The second-order valence-corrected chi connectivity index (χ2v) is 6.07. The van der Waals surface area contributed by atoms with Crippen molar-refractivity contribution in [2.24, 2.45) is 11.3 Å². The van der Waals surface area contributed by atoms with Crippen LogP contribution in [0.25, 0.3) is 0 Å². The van der Waals surface area contributed by atoms with Gasteiger partial charge in [0.25, 0.3) is 0 Å². The van der Waals surface area contributed by atoms with Gasteiger partial charge in [0.1, 0.15) is 0 Å². The van der Waals surface area contributed by atoms with E-state index in [0.717, 1.165) is 11.3 Å². The molecule has 16 heavy (non-hydrogen) atoms. The summed E-state index contributed by atoms with van der Waals surface area (Å²) in [6, 6.07) is 0. The summed E-state index contributed by atoms with van der Waals surface area (Å²) in [6.07, 6.45) is 8.08. The molecule has 3 aliphatic rings. The predicted octanol–water partition coefficient (Wildman–Crippen LogP) is 2.03. The fraction of sp³-hybridized carbons (Fsp3) is 0.857. The van der Waals surface area contributed by atoms with Crippen molar-refractivity contribution in [3.63, 3.8) is 0 Å². The van der Waals surface area contributed by atoms with Crippen molar-refractivity contribution < 1.29 is 0 Å². The highest BCUT2D eigenvalue weighted by Crippen LogP contribution is 2.58. The Kier molecular flexibility index (Phi) is 2.80. The lowest BCUT2D eigenvalue weighted by Crippen LogP contribution is -2.34. The molecule has 0 aromatic carbocycles. The third kappa shape index (κ3) is 2.05. The van der Waals surface area contributed by atoms with Gasteiger partial charge in [-0.15, -0.1) is 0 Å². The van der Waals surface area contributed by atoms with Gasteiger partial charge in [-0.3, -0.25) is 4.90 Å². The van der Waals surface area contributed by atoms with E-state index in [-0.39, 0.29) is 0 Å². The fourth-order valence-electron chi connectivity index (χ4n) is 3.52. The molecule has 2 heterocycles. The zero-order chi connectivity index (χ0) is 11.0. The monoisotopic (exact) mass is 220 g/mol. The minimum Gasteiger partial charge on any atom is -0.317 e. The topological polar surface area (TPSA) is 15.3 Å². The second-order valence-electron chi connectivity index (χ2n) is 6.07. The molecule has 90 valence electrons. The van der Waals surface area contributed by atoms with Crippen molar-refractivity contribution >= 4 is 0 Å². The first-order valence-electron chi connectivity index (χ1n) is 6.87. The van der Waals surface area contributed by atoms with E-state index >= 15 is 0 Å². The Morgan fingerprint density at radius 3 is 2.94 bits per heavy atom. The molecule has 2 aliphatic heterocycles. The van der Waals surface area contributed by atoms with E-state index in [4.69, 9.17) is 0 Å². The Hall–Kier alpha value is -0.340. The van der Waals surface area contributed by atoms with Gasteiger partial charge in [-0.1, -0.05) is 11.6 Å². The highest BCUT2D eigenvalue weighted by Gasteiger charge is 2.53. The maximum absolute atomic E-state index is 3.49. The van der Waals surface area contributed by atoms with Gasteiger partial charge in [0.2, 0.25) is 0 Å². The van der Waals surface area contributed by atoms with Crippen LogP contribution in [0.5, 0.6) is 0 Å². The Morgan fingerprint density at radius 2 is 2.25 bits per heavy atom. The number of hydrogen-bond donors (Lipinski definition) is 1. The van der Waals surface area contributed by atoms with E-state index in [2.05, 4.69) is 23.2 Å². The molecule has 1 atom stereocenters. The largest absolute Gasteiger partial charge is 0.317 e. The van der Waals surface area contributed by atoms with Crippen LogP contribution in [-0.2, 0) is 0 Å². The van der Waals surface area contributed by atoms with E-state index in [1.165, 1.54) is 58.4 Å². The highest BCUT2D eigenvalue weighted by atomic mass is 15.1. The zero-order valence-electron chi connectivity index (χ0n) is 10.5. The molecule has 1 aliphatic carbocycles. The Balaban J connectivity index is 1.50. The van der Waals surface area contributed by atoms with Crippen LogP contribution in [0.15, 0.2) is 11.6 Å². The van der Waals surface area contributed by atoms with Crippen molar-refractivity contribution in [1.29, 1.82) is 0 Å². The third-order valence-corrected chi connectivity index (χ3v) is 4.96.